The molecule has 0 spiro atoms. The summed E-state index contributed by atoms with van der Waals surface area (Å²) >= 11 is 2.01. The maximum Gasteiger partial charge on any atom is 0.315 e. The van der Waals surface area contributed by atoms with Crippen molar-refractivity contribution in [1.29, 1.82) is 0 Å². The molecule has 1 aromatic rings. The Bertz CT molecular complexity index is 423. The maximum absolute atomic E-state index is 12.0. The van der Waals surface area contributed by atoms with Crippen molar-refractivity contribution in [1.82, 2.24) is 25.4 Å². The molecule has 2 amide bonds. The molecule has 2 N–H and O–H groups in total. The zero-order chi connectivity index (χ0) is 15.1. The van der Waals surface area contributed by atoms with Crippen molar-refractivity contribution in [2.75, 3.05) is 5.75 Å². The number of nitrogens with one attached hydrogen (secondary N) is 2. The van der Waals surface area contributed by atoms with Crippen LogP contribution in [-0.2, 0) is 6.54 Å². The van der Waals surface area contributed by atoms with Crippen molar-refractivity contribution in [2.24, 2.45) is 0 Å². The van der Waals surface area contributed by atoms with Gasteiger partial charge in [-0.25, -0.2) is 9.78 Å². The molecule has 1 aromatic heterocycles. The topological polar surface area (TPSA) is 71.8 Å². The summed E-state index contributed by atoms with van der Waals surface area (Å²) in [5.74, 6) is 1.15. The zero-order valence-corrected chi connectivity index (χ0v) is 13.6. The van der Waals surface area contributed by atoms with E-state index in [1.54, 1.807) is 11.0 Å². The lowest BCUT2D eigenvalue weighted by Gasteiger charge is -2.29. The smallest absolute Gasteiger partial charge is 0.315 e. The van der Waals surface area contributed by atoms with E-state index in [4.69, 9.17) is 0 Å². The van der Waals surface area contributed by atoms with E-state index in [0.717, 1.165) is 18.6 Å². The summed E-state index contributed by atoms with van der Waals surface area (Å²) in [6, 6.07) is 0.257. The first-order chi connectivity index (χ1) is 10.2. The van der Waals surface area contributed by atoms with Gasteiger partial charge in [-0.1, -0.05) is 13.3 Å². The lowest BCUT2D eigenvalue weighted by Crippen LogP contribution is -2.48. The van der Waals surface area contributed by atoms with Crippen LogP contribution < -0.4 is 10.6 Å². The molecule has 0 radical (unpaired) electrons. The molecule has 7 heteroatoms. The first-order valence-electron chi connectivity index (χ1n) is 7.68. The van der Waals surface area contributed by atoms with Gasteiger partial charge < -0.3 is 10.6 Å². The van der Waals surface area contributed by atoms with E-state index in [1.807, 2.05) is 18.7 Å². The minimum atomic E-state index is -0.0743. The van der Waals surface area contributed by atoms with Crippen molar-refractivity contribution in [3.63, 3.8) is 0 Å². The van der Waals surface area contributed by atoms with Gasteiger partial charge in [-0.05, 0) is 31.9 Å². The Morgan fingerprint density at radius 3 is 3.10 bits per heavy atom. The van der Waals surface area contributed by atoms with Gasteiger partial charge in [0, 0.05) is 17.3 Å². The highest BCUT2D eigenvalue weighted by molar-refractivity contribution is 7.99. The Balaban J connectivity index is 1.71. The van der Waals surface area contributed by atoms with Crippen LogP contribution in [0.3, 0.4) is 0 Å². The fraction of sp³-hybridized carbons (Fsp3) is 0.786. The molecule has 6 nitrogen and oxygen atoms in total. The summed E-state index contributed by atoms with van der Waals surface area (Å²) in [6.07, 6.45) is 7.82. The normalized spacial score (nSPS) is 23.5. The van der Waals surface area contributed by atoms with Crippen LogP contribution in [0.15, 0.2) is 12.7 Å². The van der Waals surface area contributed by atoms with Crippen LogP contribution in [0.5, 0.6) is 0 Å². The van der Waals surface area contributed by atoms with Crippen LogP contribution in [-0.4, -0.2) is 43.9 Å². The van der Waals surface area contributed by atoms with E-state index in [2.05, 4.69) is 27.6 Å². The molecule has 0 saturated heterocycles. The number of urea groups is 1. The Labute approximate surface area is 130 Å². The summed E-state index contributed by atoms with van der Waals surface area (Å²) in [6.45, 7) is 4.80. The fourth-order valence-corrected chi connectivity index (χ4v) is 3.94. The molecule has 1 fully saturated rings. The number of thioether (sulfide) groups is 1. The molecular formula is C14H25N5OS. The van der Waals surface area contributed by atoms with Gasteiger partial charge in [0.25, 0.3) is 0 Å². The fourth-order valence-electron chi connectivity index (χ4n) is 2.77. The van der Waals surface area contributed by atoms with Crippen LogP contribution in [0, 0.1) is 0 Å². The quantitative estimate of drug-likeness (QED) is 0.843. The van der Waals surface area contributed by atoms with E-state index in [1.165, 1.54) is 19.2 Å². The predicted molar refractivity (Wildman–Crippen MR) is 85.3 cm³/mol. The number of hydrogen-bond acceptors (Lipinski definition) is 4. The molecular weight excluding hydrogens is 286 g/mol. The highest BCUT2D eigenvalue weighted by Gasteiger charge is 2.23. The first kappa shape index (κ1) is 16.1. The largest absolute Gasteiger partial charge is 0.335 e. The SMILES string of the molecule is CCS[C@@H]1CCC[C@H](NC(=O)N[C@H](C)Cn2cncn2)C1. The molecule has 0 aromatic carbocycles. The summed E-state index contributed by atoms with van der Waals surface area (Å²) in [7, 11) is 0. The maximum atomic E-state index is 12.0. The molecule has 1 heterocycles. The second-order valence-corrected chi connectivity index (χ2v) is 7.15. The van der Waals surface area contributed by atoms with Crippen molar-refractivity contribution in [2.45, 2.75) is 63.4 Å². The monoisotopic (exact) mass is 311 g/mol. The molecule has 0 unspecified atom stereocenters. The Kier molecular flexibility index (Phi) is 6.35. The van der Waals surface area contributed by atoms with Gasteiger partial charge in [0.05, 0.1) is 6.54 Å². The van der Waals surface area contributed by atoms with Crippen LogP contribution in [0.25, 0.3) is 0 Å². The third-order valence-electron chi connectivity index (χ3n) is 3.67. The lowest BCUT2D eigenvalue weighted by atomic mass is 9.95. The lowest BCUT2D eigenvalue weighted by molar-refractivity contribution is 0.228. The van der Waals surface area contributed by atoms with Crippen LogP contribution in [0.1, 0.15) is 39.5 Å². The number of carbonyl (C=O) groups is 1. The van der Waals surface area contributed by atoms with Gasteiger partial charge in [-0.3, -0.25) is 4.68 Å². The molecule has 1 saturated carbocycles. The second-order valence-electron chi connectivity index (χ2n) is 5.58. The molecule has 118 valence electrons. The zero-order valence-electron chi connectivity index (χ0n) is 12.8. The van der Waals surface area contributed by atoms with Gasteiger partial charge in [0.1, 0.15) is 12.7 Å². The minimum absolute atomic E-state index is 0.0242. The van der Waals surface area contributed by atoms with Gasteiger partial charge in [0.2, 0.25) is 0 Å². The highest BCUT2D eigenvalue weighted by atomic mass is 32.2. The molecule has 21 heavy (non-hydrogen) atoms. The first-order valence-corrected chi connectivity index (χ1v) is 8.73. The summed E-state index contributed by atoms with van der Waals surface area (Å²) in [4.78, 5) is 15.9. The molecule has 0 bridgehead atoms. The molecule has 2 rings (SSSR count). The molecule has 0 aliphatic heterocycles. The Hall–Kier alpha value is -1.24. The molecule has 1 aliphatic carbocycles. The van der Waals surface area contributed by atoms with Gasteiger partial charge >= 0.3 is 6.03 Å². The Morgan fingerprint density at radius 1 is 1.52 bits per heavy atom. The second kappa shape index (κ2) is 8.26. The third-order valence-corrected chi connectivity index (χ3v) is 4.90. The van der Waals surface area contributed by atoms with Crippen LogP contribution >= 0.6 is 11.8 Å². The van der Waals surface area contributed by atoms with Crippen molar-refractivity contribution in [3.05, 3.63) is 12.7 Å². The number of aromatic nitrogens is 3. The van der Waals surface area contributed by atoms with E-state index in [9.17, 15) is 4.79 Å². The van der Waals surface area contributed by atoms with Crippen LogP contribution in [0.2, 0.25) is 0 Å². The number of hydrogen-bond donors (Lipinski definition) is 2. The number of nitrogens with zero attached hydrogens (tertiary/aromatic N) is 3. The standard InChI is InChI=1S/C14H25N5OS/c1-3-21-13-6-4-5-12(7-13)18-14(20)17-11(2)8-19-10-15-9-16-19/h9-13H,3-8H2,1-2H3,(H2,17,18,20)/t11-,12+,13-/m1/s1. The summed E-state index contributed by atoms with van der Waals surface area (Å²) in [5.41, 5.74) is 0. The summed E-state index contributed by atoms with van der Waals surface area (Å²) in [5, 5.41) is 10.8. The number of rotatable bonds is 6. The number of amides is 2. The van der Waals surface area contributed by atoms with E-state index >= 15 is 0 Å². The van der Waals surface area contributed by atoms with E-state index in [0.29, 0.717) is 17.8 Å². The van der Waals surface area contributed by atoms with Gasteiger partial charge in [-0.2, -0.15) is 16.9 Å². The van der Waals surface area contributed by atoms with Gasteiger partial charge in [-0.15, -0.1) is 0 Å². The van der Waals surface area contributed by atoms with Crippen LogP contribution in [0.4, 0.5) is 4.79 Å². The number of carbonyl (C=O) groups excluding carboxylic acids is 1. The average Bonchev–Trinajstić information content (AvgIpc) is 2.91. The highest BCUT2D eigenvalue weighted by Crippen LogP contribution is 2.28. The van der Waals surface area contributed by atoms with Crippen molar-refractivity contribution < 1.29 is 4.79 Å². The molecule has 3 atom stereocenters. The van der Waals surface area contributed by atoms with E-state index < -0.39 is 0 Å². The van der Waals surface area contributed by atoms with Gasteiger partial charge in [0.15, 0.2) is 0 Å². The predicted octanol–water partition coefficient (Wildman–Crippen LogP) is 2.03. The van der Waals surface area contributed by atoms with Crippen molar-refractivity contribution >= 4 is 17.8 Å². The molecule has 1 aliphatic rings. The Morgan fingerprint density at radius 2 is 2.38 bits per heavy atom. The summed E-state index contributed by atoms with van der Waals surface area (Å²) < 4.78 is 1.72. The van der Waals surface area contributed by atoms with Crippen molar-refractivity contribution in [3.8, 4) is 0 Å². The minimum Gasteiger partial charge on any atom is -0.335 e. The average molecular weight is 311 g/mol. The van der Waals surface area contributed by atoms with E-state index in [-0.39, 0.29) is 12.1 Å². The third kappa shape index (κ3) is 5.57.